The molecule has 6 nitrogen and oxygen atoms in total. The molecule has 0 amide bonds. The van der Waals surface area contributed by atoms with E-state index in [0.29, 0.717) is 40.6 Å². The van der Waals surface area contributed by atoms with Gasteiger partial charge in [-0.1, -0.05) is 12.1 Å². The molecule has 2 aromatic rings. The van der Waals surface area contributed by atoms with Crippen LogP contribution in [0.2, 0.25) is 0 Å². The van der Waals surface area contributed by atoms with Gasteiger partial charge in [-0.15, -0.1) is 0 Å². The second-order valence-corrected chi connectivity index (χ2v) is 5.89. The number of benzene rings is 1. The van der Waals surface area contributed by atoms with Crippen LogP contribution < -0.4 is 9.47 Å². The fraction of sp³-hybridized carbons (Fsp3) is 0.333. The zero-order valence-corrected chi connectivity index (χ0v) is 16.3. The molecule has 0 aliphatic carbocycles. The van der Waals surface area contributed by atoms with Crippen LogP contribution in [0.4, 0.5) is 0 Å². The van der Waals surface area contributed by atoms with E-state index in [9.17, 15) is 9.59 Å². The fourth-order valence-electron chi connectivity index (χ4n) is 2.82. The van der Waals surface area contributed by atoms with Crippen molar-refractivity contribution in [2.24, 2.45) is 0 Å². The van der Waals surface area contributed by atoms with E-state index >= 15 is 0 Å². The predicted molar refractivity (Wildman–Crippen MR) is 104 cm³/mol. The first-order valence-corrected chi connectivity index (χ1v) is 8.82. The van der Waals surface area contributed by atoms with Gasteiger partial charge in [0.2, 0.25) is 5.78 Å². The largest absolute Gasteiger partial charge is 0.493 e. The summed E-state index contributed by atoms with van der Waals surface area (Å²) in [4.78, 5) is 27.6. The lowest BCUT2D eigenvalue weighted by molar-refractivity contribution is 0.0525. The molecular weight excluding hydrogens is 346 g/mol. The van der Waals surface area contributed by atoms with Crippen LogP contribution in [0.15, 0.2) is 24.3 Å². The Morgan fingerprint density at radius 3 is 2.48 bits per heavy atom. The third kappa shape index (κ3) is 4.58. The molecule has 0 fully saturated rings. The topological polar surface area (TPSA) is 77.6 Å². The molecule has 0 aliphatic rings. The second kappa shape index (κ2) is 9.07. The van der Waals surface area contributed by atoms with Gasteiger partial charge in [-0.25, -0.2) is 4.79 Å². The van der Waals surface area contributed by atoms with E-state index in [0.717, 1.165) is 5.56 Å². The molecule has 0 unspecified atom stereocenters. The van der Waals surface area contributed by atoms with E-state index in [2.05, 4.69) is 4.98 Å². The van der Waals surface area contributed by atoms with Gasteiger partial charge in [-0.3, -0.25) is 4.79 Å². The average molecular weight is 371 g/mol. The van der Waals surface area contributed by atoms with Crippen molar-refractivity contribution < 1.29 is 23.8 Å². The molecule has 0 saturated heterocycles. The van der Waals surface area contributed by atoms with E-state index in [1.807, 2.05) is 13.0 Å². The minimum absolute atomic E-state index is 0.223. The molecule has 0 saturated carbocycles. The minimum Gasteiger partial charge on any atom is -0.493 e. The number of aromatic nitrogens is 1. The van der Waals surface area contributed by atoms with Gasteiger partial charge in [0.15, 0.2) is 11.5 Å². The summed E-state index contributed by atoms with van der Waals surface area (Å²) in [5.41, 5.74) is 2.80. The van der Waals surface area contributed by atoms with Gasteiger partial charge in [0.1, 0.15) is 0 Å². The van der Waals surface area contributed by atoms with Crippen molar-refractivity contribution >= 4 is 17.8 Å². The maximum Gasteiger partial charge on any atom is 0.340 e. The highest BCUT2D eigenvalue weighted by Gasteiger charge is 2.21. The molecule has 1 heterocycles. The fourth-order valence-corrected chi connectivity index (χ4v) is 2.82. The SMILES string of the molecule is CCOC(=O)c1c(C)[nH]c(C(=O)/C=C/c2ccc(OCC)c(OC)c2)c1C. The number of ether oxygens (including phenoxy) is 3. The Morgan fingerprint density at radius 1 is 1.11 bits per heavy atom. The number of rotatable bonds is 8. The first-order chi connectivity index (χ1) is 12.9. The summed E-state index contributed by atoms with van der Waals surface area (Å²) in [5, 5.41) is 0. The Bertz CT molecular complexity index is 864. The highest BCUT2D eigenvalue weighted by atomic mass is 16.5. The quantitative estimate of drug-likeness (QED) is 0.429. The smallest absolute Gasteiger partial charge is 0.340 e. The minimum atomic E-state index is -0.428. The maximum absolute atomic E-state index is 12.6. The zero-order chi connectivity index (χ0) is 20.0. The monoisotopic (exact) mass is 371 g/mol. The van der Waals surface area contributed by atoms with E-state index in [-0.39, 0.29) is 12.4 Å². The number of aryl methyl sites for hydroxylation is 1. The first kappa shape index (κ1) is 20.3. The van der Waals surface area contributed by atoms with Crippen molar-refractivity contribution in [3.8, 4) is 11.5 Å². The molecular formula is C21H25NO5. The first-order valence-electron chi connectivity index (χ1n) is 8.82. The number of hydrogen-bond acceptors (Lipinski definition) is 5. The summed E-state index contributed by atoms with van der Waals surface area (Å²) in [5.74, 6) is 0.600. The van der Waals surface area contributed by atoms with Crippen LogP contribution in [0.5, 0.6) is 11.5 Å². The molecule has 1 N–H and O–H groups in total. The van der Waals surface area contributed by atoms with Gasteiger partial charge in [0.05, 0.1) is 31.6 Å². The lowest BCUT2D eigenvalue weighted by atomic mass is 10.1. The number of hydrogen-bond donors (Lipinski definition) is 1. The third-order valence-electron chi connectivity index (χ3n) is 4.08. The number of esters is 1. The Labute approximate surface area is 159 Å². The van der Waals surface area contributed by atoms with Gasteiger partial charge < -0.3 is 19.2 Å². The van der Waals surface area contributed by atoms with Crippen LogP contribution in [-0.4, -0.2) is 37.1 Å². The maximum atomic E-state index is 12.6. The molecule has 1 aromatic carbocycles. The number of carbonyl (C=O) groups is 2. The van der Waals surface area contributed by atoms with Crippen LogP contribution >= 0.6 is 0 Å². The zero-order valence-electron chi connectivity index (χ0n) is 16.3. The van der Waals surface area contributed by atoms with Gasteiger partial charge in [0.25, 0.3) is 0 Å². The molecule has 0 spiro atoms. The Hall–Kier alpha value is -3.02. The standard InChI is InChI=1S/C21H25NO5/c1-6-26-17-11-9-15(12-18(17)25-5)8-10-16(23)20-13(3)19(14(4)22-20)21(24)27-7-2/h8-12,22H,6-7H2,1-5H3/b10-8+. The molecule has 1 aromatic heterocycles. The van der Waals surface area contributed by atoms with E-state index in [1.165, 1.54) is 6.08 Å². The lowest BCUT2D eigenvalue weighted by Gasteiger charge is -2.09. The summed E-state index contributed by atoms with van der Waals surface area (Å²) >= 11 is 0. The lowest BCUT2D eigenvalue weighted by Crippen LogP contribution is -2.07. The number of allylic oxidation sites excluding steroid dienone is 1. The van der Waals surface area contributed by atoms with Crippen molar-refractivity contribution in [3.63, 3.8) is 0 Å². The number of nitrogens with one attached hydrogen (secondary N) is 1. The summed E-state index contributed by atoms with van der Waals surface area (Å²) in [6.07, 6.45) is 3.16. The van der Waals surface area contributed by atoms with Crippen LogP contribution in [0, 0.1) is 13.8 Å². The van der Waals surface area contributed by atoms with Gasteiger partial charge in [-0.2, -0.15) is 0 Å². The average Bonchev–Trinajstić information content (AvgIpc) is 2.95. The van der Waals surface area contributed by atoms with Crippen molar-refractivity contribution in [3.05, 3.63) is 52.4 Å². The van der Waals surface area contributed by atoms with Crippen molar-refractivity contribution in [2.75, 3.05) is 20.3 Å². The number of aromatic amines is 1. The van der Waals surface area contributed by atoms with E-state index < -0.39 is 5.97 Å². The van der Waals surface area contributed by atoms with Crippen molar-refractivity contribution in [2.45, 2.75) is 27.7 Å². The molecule has 144 valence electrons. The highest BCUT2D eigenvalue weighted by molar-refractivity contribution is 6.08. The van der Waals surface area contributed by atoms with Crippen molar-refractivity contribution in [1.29, 1.82) is 0 Å². The summed E-state index contributed by atoms with van der Waals surface area (Å²) < 4.78 is 15.9. The van der Waals surface area contributed by atoms with Crippen LogP contribution in [0.1, 0.15) is 51.5 Å². The Kier molecular flexibility index (Phi) is 6.82. The van der Waals surface area contributed by atoms with Gasteiger partial charge >= 0.3 is 5.97 Å². The number of H-pyrrole nitrogens is 1. The molecule has 0 bridgehead atoms. The Balaban J connectivity index is 2.25. The predicted octanol–water partition coefficient (Wildman–Crippen LogP) is 4.11. The van der Waals surface area contributed by atoms with E-state index in [4.69, 9.17) is 14.2 Å². The molecule has 0 atom stereocenters. The van der Waals surface area contributed by atoms with Crippen LogP contribution in [0.3, 0.4) is 0 Å². The van der Waals surface area contributed by atoms with Crippen LogP contribution in [0.25, 0.3) is 6.08 Å². The molecule has 6 heteroatoms. The third-order valence-corrected chi connectivity index (χ3v) is 4.08. The van der Waals surface area contributed by atoms with Gasteiger partial charge in [0, 0.05) is 5.69 Å². The normalized spacial score (nSPS) is 10.9. The number of ketones is 1. The second-order valence-electron chi connectivity index (χ2n) is 5.89. The summed E-state index contributed by atoms with van der Waals surface area (Å²) in [6.45, 7) is 7.95. The summed E-state index contributed by atoms with van der Waals surface area (Å²) in [7, 11) is 1.57. The number of carbonyl (C=O) groups excluding carboxylic acids is 2. The number of methoxy groups -OCH3 is 1. The molecule has 0 aliphatic heterocycles. The molecule has 0 radical (unpaired) electrons. The summed E-state index contributed by atoms with van der Waals surface area (Å²) in [6, 6.07) is 5.44. The van der Waals surface area contributed by atoms with Crippen molar-refractivity contribution in [1.82, 2.24) is 4.98 Å². The molecule has 27 heavy (non-hydrogen) atoms. The van der Waals surface area contributed by atoms with E-state index in [1.54, 1.807) is 46.1 Å². The van der Waals surface area contributed by atoms with Crippen LogP contribution in [-0.2, 0) is 4.74 Å². The highest BCUT2D eigenvalue weighted by Crippen LogP contribution is 2.28. The van der Waals surface area contributed by atoms with Gasteiger partial charge in [-0.05, 0) is 57.0 Å². The Morgan fingerprint density at radius 2 is 1.85 bits per heavy atom. The molecule has 2 rings (SSSR count).